The fourth-order valence-corrected chi connectivity index (χ4v) is 2.54. The van der Waals surface area contributed by atoms with Crippen LogP contribution in [0.1, 0.15) is 31.5 Å². The first-order valence-corrected chi connectivity index (χ1v) is 6.06. The molecule has 7 heteroatoms. The van der Waals surface area contributed by atoms with Gasteiger partial charge >= 0.3 is 5.97 Å². The number of hydrogen-bond donors (Lipinski definition) is 1. The van der Waals surface area contributed by atoms with Gasteiger partial charge in [-0.25, -0.2) is 9.78 Å². The summed E-state index contributed by atoms with van der Waals surface area (Å²) in [6.45, 7) is 2.15. The summed E-state index contributed by atoms with van der Waals surface area (Å²) < 4.78 is 1.54. The molecule has 0 aliphatic carbocycles. The number of aromatic nitrogens is 2. The van der Waals surface area contributed by atoms with Crippen molar-refractivity contribution >= 4 is 17.3 Å². The molecule has 0 bridgehead atoms. The van der Waals surface area contributed by atoms with E-state index in [1.54, 1.807) is 10.6 Å². The molecule has 0 amide bonds. The maximum Gasteiger partial charge on any atom is 0.345 e. The Labute approximate surface area is 112 Å². The normalized spacial score (nSPS) is 9.84. The monoisotopic (exact) mass is 272 g/mol. The van der Waals surface area contributed by atoms with Crippen molar-refractivity contribution < 1.29 is 9.90 Å². The van der Waals surface area contributed by atoms with Crippen molar-refractivity contribution in [2.75, 3.05) is 0 Å². The maximum atomic E-state index is 10.9. The molecule has 0 spiro atoms. The first-order valence-electron chi connectivity index (χ1n) is 5.24. The highest BCUT2D eigenvalue weighted by molar-refractivity contribution is 7.14. The van der Waals surface area contributed by atoms with Crippen molar-refractivity contribution in [2.24, 2.45) is 0 Å². The summed E-state index contributed by atoms with van der Waals surface area (Å²) in [6, 6.07) is 5.35. The van der Waals surface area contributed by atoms with Crippen molar-refractivity contribution in [3.63, 3.8) is 0 Å². The van der Waals surface area contributed by atoms with E-state index in [2.05, 4.69) is 4.98 Å². The number of nitrogens with zero attached hydrogens (tertiary/aromatic N) is 4. The van der Waals surface area contributed by atoms with Crippen LogP contribution in [0.25, 0.3) is 0 Å². The minimum absolute atomic E-state index is 0.0776. The summed E-state index contributed by atoms with van der Waals surface area (Å²) in [5, 5.41) is 26.7. The largest absolute Gasteiger partial charge is 0.477 e. The fourth-order valence-electron chi connectivity index (χ4n) is 1.67. The quantitative estimate of drug-likeness (QED) is 0.916. The van der Waals surface area contributed by atoms with E-state index in [0.29, 0.717) is 6.54 Å². The Bertz CT molecular complexity index is 730. The summed E-state index contributed by atoms with van der Waals surface area (Å²) in [4.78, 5) is 15.9. The summed E-state index contributed by atoms with van der Waals surface area (Å²) in [5.41, 5.74) is 1.07. The van der Waals surface area contributed by atoms with Gasteiger partial charge in [0, 0.05) is 4.88 Å². The van der Waals surface area contributed by atoms with E-state index in [4.69, 9.17) is 15.6 Å². The zero-order valence-electron chi connectivity index (χ0n) is 9.91. The van der Waals surface area contributed by atoms with Crippen LogP contribution >= 0.6 is 11.3 Å². The van der Waals surface area contributed by atoms with E-state index in [1.807, 2.05) is 19.1 Å². The van der Waals surface area contributed by atoms with Crippen LogP contribution in [-0.2, 0) is 6.54 Å². The van der Waals surface area contributed by atoms with Gasteiger partial charge in [0.2, 0.25) is 0 Å². The predicted molar refractivity (Wildman–Crippen MR) is 66.8 cm³/mol. The lowest BCUT2D eigenvalue weighted by Crippen LogP contribution is -2.01. The molecule has 6 nitrogen and oxygen atoms in total. The van der Waals surface area contributed by atoms with Crippen molar-refractivity contribution in [3.8, 4) is 12.1 Å². The van der Waals surface area contributed by atoms with Crippen molar-refractivity contribution in [1.82, 2.24) is 9.55 Å². The molecular formula is C12H8N4O2S. The SMILES string of the molecule is Cc1sc(C(=O)O)cc1Cn1cnc(C#N)c1C#N. The number of aromatic carboxylic acids is 1. The second-order valence-corrected chi connectivity index (χ2v) is 5.05. The van der Waals surface area contributed by atoms with Crippen LogP contribution in [0.4, 0.5) is 0 Å². The second kappa shape index (κ2) is 4.92. The molecular weight excluding hydrogens is 264 g/mol. The highest BCUT2D eigenvalue weighted by atomic mass is 32.1. The van der Waals surface area contributed by atoms with E-state index in [0.717, 1.165) is 10.4 Å². The van der Waals surface area contributed by atoms with Gasteiger partial charge in [-0.1, -0.05) is 0 Å². The lowest BCUT2D eigenvalue weighted by Gasteiger charge is -2.02. The number of carboxylic acids is 1. The molecule has 0 aliphatic rings. The van der Waals surface area contributed by atoms with Gasteiger partial charge in [-0.05, 0) is 18.6 Å². The number of aryl methyl sites for hydroxylation is 1. The van der Waals surface area contributed by atoms with Crippen molar-refractivity contribution in [3.05, 3.63) is 39.1 Å². The Kier molecular flexibility index (Phi) is 3.32. The van der Waals surface area contributed by atoms with Gasteiger partial charge in [-0.2, -0.15) is 10.5 Å². The van der Waals surface area contributed by atoms with Crippen LogP contribution in [0.15, 0.2) is 12.4 Å². The lowest BCUT2D eigenvalue weighted by atomic mass is 10.2. The third kappa shape index (κ3) is 2.32. The van der Waals surface area contributed by atoms with Crippen molar-refractivity contribution in [2.45, 2.75) is 13.5 Å². The van der Waals surface area contributed by atoms with Gasteiger partial charge < -0.3 is 9.67 Å². The molecule has 2 aromatic heterocycles. The number of rotatable bonds is 3. The zero-order valence-corrected chi connectivity index (χ0v) is 10.7. The summed E-state index contributed by atoms with van der Waals surface area (Å²) in [7, 11) is 0. The Morgan fingerprint density at radius 2 is 2.26 bits per heavy atom. The number of imidazole rings is 1. The van der Waals surface area contributed by atoms with Gasteiger partial charge in [0.25, 0.3) is 0 Å². The zero-order chi connectivity index (χ0) is 14.0. The Morgan fingerprint density at radius 1 is 1.53 bits per heavy atom. The predicted octanol–water partition coefficient (Wildman–Crippen LogP) is 1.74. The van der Waals surface area contributed by atoms with Gasteiger partial charge in [0.05, 0.1) is 12.9 Å². The molecule has 2 rings (SSSR count). The molecule has 0 radical (unpaired) electrons. The molecule has 2 aromatic rings. The van der Waals surface area contributed by atoms with E-state index in [-0.39, 0.29) is 16.3 Å². The van der Waals surface area contributed by atoms with Crippen LogP contribution in [0.2, 0.25) is 0 Å². The van der Waals surface area contributed by atoms with Crippen LogP contribution < -0.4 is 0 Å². The van der Waals surface area contributed by atoms with Gasteiger partial charge in [0.1, 0.15) is 17.0 Å². The maximum absolute atomic E-state index is 10.9. The summed E-state index contributed by atoms with van der Waals surface area (Å²) in [6.07, 6.45) is 1.41. The minimum atomic E-state index is -0.969. The lowest BCUT2D eigenvalue weighted by molar-refractivity contribution is 0.0702. The number of nitriles is 2. The average molecular weight is 272 g/mol. The Hall–Kier alpha value is -2.64. The molecule has 0 unspecified atom stereocenters. The molecule has 0 atom stereocenters. The minimum Gasteiger partial charge on any atom is -0.477 e. The molecule has 0 aromatic carbocycles. The molecule has 1 N–H and O–H groups in total. The molecule has 0 saturated heterocycles. The molecule has 0 aliphatic heterocycles. The van der Waals surface area contributed by atoms with Crippen LogP contribution in [0, 0.1) is 29.6 Å². The highest BCUT2D eigenvalue weighted by Crippen LogP contribution is 2.23. The third-order valence-electron chi connectivity index (χ3n) is 2.62. The van der Waals surface area contributed by atoms with Crippen LogP contribution in [-0.4, -0.2) is 20.6 Å². The van der Waals surface area contributed by atoms with Crippen LogP contribution in [0.5, 0.6) is 0 Å². The third-order valence-corrected chi connectivity index (χ3v) is 3.70. The molecule has 94 valence electrons. The van der Waals surface area contributed by atoms with Gasteiger partial charge in [-0.3, -0.25) is 0 Å². The van der Waals surface area contributed by atoms with E-state index < -0.39 is 5.97 Å². The van der Waals surface area contributed by atoms with E-state index in [9.17, 15) is 4.79 Å². The molecule has 0 fully saturated rings. The standard InChI is InChI=1S/C12H8N4O2S/c1-7-8(2-11(19-7)12(17)18)5-16-6-15-9(3-13)10(16)4-14/h2,6H,5H2,1H3,(H,17,18). The van der Waals surface area contributed by atoms with E-state index in [1.165, 1.54) is 17.7 Å². The molecule has 19 heavy (non-hydrogen) atoms. The smallest absolute Gasteiger partial charge is 0.345 e. The topological polar surface area (TPSA) is 103 Å². The summed E-state index contributed by atoms with van der Waals surface area (Å²) in [5.74, 6) is -0.969. The first kappa shape index (κ1) is 12.8. The van der Waals surface area contributed by atoms with Crippen molar-refractivity contribution in [1.29, 1.82) is 10.5 Å². The average Bonchev–Trinajstić information content (AvgIpc) is 2.94. The second-order valence-electron chi connectivity index (χ2n) is 3.79. The Balaban J connectivity index is 2.37. The number of thiophene rings is 1. The molecule has 0 saturated carbocycles. The Morgan fingerprint density at radius 3 is 2.79 bits per heavy atom. The van der Waals surface area contributed by atoms with Crippen LogP contribution in [0.3, 0.4) is 0 Å². The van der Waals surface area contributed by atoms with E-state index >= 15 is 0 Å². The summed E-state index contributed by atoms with van der Waals surface area (Å²) >= 11 is 1.19. The van der Waals surface area contributed by atoms with Gasteiger partial charge in [-0.15, -0.1) is 11.3 Å². The number of hydrogen-bond acceptors (Lipinski definition) is 5. The fraction of sp³-hybridized carbons (Fsp3) is 0.167. The number of carbonyl (C=O) groups is 1. The number of carboxylic acid groups (broad SMARTS) is 1. The highest BCUT2D eigenvalue weighted by Gasteiger charge is 2.14. The van der Waals surface area contributed by atoms with Gasteiger partial charge in [0.15, 0.2) is 11.4 Å². The molecule has 2 heterocycles. The first-order chi connectivity index (χ1) is 9.06.